The summed E-state index contributed by atoms with van der Waals surface area (Å²) in [7, 11) is 1.63. The third kappa shape index (κ3) is 3.40. The summed E-state index contributed by atoms with van der Waals surface area (Å²) < 4.78 is 10.4. The van der Waals surface area contributed by atoms with Gasteiger partial charge in [-0.1, -0.05) is 5.16 Å². The molecule has 1 N–H and O–H groups in total. The Morgan fingerprint density at radius 3 is 2.90 bits per heavy atom. The number of nitrogens with zero attached hydrogens (tertiary/aromatic N) is 3. The van der Waals surface area contributed by atoms with Gasteiger partial charge in [0.2, 0.25) is 0 Å². The zero-order chi connectivity index (χ0) is 14.7. The molecule has 1 aromatic carbocycles. The quantitative estimate of drug-likeness (QED) is 0.923. The van der Waals surface area contributed by atoms with Gasteiger partial charge in [-0.2, -0.15) is 4.98 Å². The number of hydrogen-bond acceptors (Lipinski definition) is 6. The Morgan fingerprint density at radius 2 is 2.19 bits per heavy atom. The fourth-order valence-electron chi connectivity index (χ4n) is 2.54. The number of aliphatic hydroxyl groups is 1. The highest BCUT2D eigenvalue weighted by Crippen LogP contribution is 2.21. The SMILES string of the molecule is COc1ccc(-c2nc(CN3CCC[C@H](O)C3)no2)cc1. The Hall–Kier alpha value is -1.92. The van der Waals surface area contributed by atoms with Crippen LogP contribution in [0.2, 0.25) is 0 Å². The van der Waals surface area contributed by atoms with Crippen LogP contribution in [-0.4, -0.2) is 46.5 Å². The van der Waals surface area contributed by atoms with Crippen LogP contribution in [0.4, 0.5) is 0 Å². The van der Waals surface area contributed by atoms with E-state index >= 15 is 0 Å². The zero-order valence-electron chi connectivity index (χ0n) is 12.0. The highest BCUT2D eigenvalue weighted by Gasteiger charge is 2.19. The molecule has 6 heteroatoms. The molecule has 1 aromatic heterocycles. The smallest absolute Gasteiger partial charge is 0.257 e. The van der Waals surface area contributed by atoms with Crippen LogP contribution in [0.3, 0.4) is 0 Å². The maximum Gasteiger partial charge on any atom is 0.257 e. The number of piperidine rings is 1. The number of hydrogen-bond donors (Lipinski definition) is 1. The molecule has 0 bridgehead atoms. The lowest BCUT2D eigenvalue weighted by Gasteiger charge is -2.28. The Bertz CT molecular complexity index is 582. The van der Waals surface area contributed by atoms with E-state index in [-0.39, 0.29) is 6.10 Å². The van der Waals surface area contributed by atoms with Crippen molar-refractivity contribution in [3.05, 3.63) is 30.1 Å². The third-order valence-corrected chi connectivity index (χ3v) is 3.65. The number of benzene rings is 1. The van der Waals surface area contributed by atoms with Crippen molar-refractivity contribution in [2.24, 2.45) is 0 Å². The molecule has 6 nitrogen and oxygen atoms in total. The van der Waals surface area contributed by atoms with Gasteiger partial charge in [0.05, 0.1) is 19.8 Å². The standard InChI is InChI=1S/C15H19N3O3/c1-20-13-6-4-11(5-7-13)15-16-14(17-21-15)10-18-8-2-3-12(19)9-18/h4-7,12,19H,2-3,8-10H2,1H3/t12-/m0/s1. The van der Waals surface area contributed by atoms with E-state index < -0.39 is 0 Å². The molecular formula is C15H19N3O3. The Labute approximate surface area is 123 Å². The van der Waals surface area contributed by atoms with Gasteiger partial charge in [-0.15, -0.1) is 0 Å². The number of rotatable bonds is 4. The number of methoxy groups -OCH3 is 1. The van der Waals surface area contributed by atoms with Gasteiger partial charge in [-0.25, -0.2) is 0 Å². The van der Waals surface area contributed by atoms with Crippen molar-refractivity contribution in [3.63, 3.8) is 0 Å². The Balaban J connectivity index is 1.67. The molecule has 1 saturated heterocycles. The van der Waals surface area contributed by atoms with Gasteiger partial charge in [-0.3, -0.25) is 4.90 Å². The fourth-order valence-corrected chi connectivity index (χ4v) is 2.54. The summed E-state index contributed by atoms with van der Waals surface area (Å²) in [6, 6.07) is 7.50. The minimum Gasteiger partial charge on any atom is -0.497 e. The molecule has 112 valence electrons. The van der Waals surface area contributed by atoms with E-state index in [1.54, 1.807) is 7.11 Å². The zero-order valence-corrected chi connectivity index (χ0v) is 12.0. The van der Waals surface area contributed by atoms with Crippen LogP contribution >= 0.6 is 0 Å². The third-order valence-electron chi connectivity index (χ3n) is 3.65. The molecule has 2 aromatic rings. The van der Waals surface area contributed by atoms with Crippen LogP contribution in [0.5, 0.6) is 5.75 Å². The summed E-state index contributed by atoms with van der Waals surface area (Å²) in [5.41, 5.74) is 0.869. The Morgan fingerprint density at radius 1 is 1.38 bits per heavy atom. The summed E-state index contributed by atoms with van der Waals surface area (Å²) >= 11 is 0. The number of ether oxygens (including phenoxy) is 1. The topological polar surface area (TPSA) is 71.6 Å². The molecule has 0 amide bonds. The van der Waals surface area contributed by atoms with Crippen LogP contribution in [0.15, 0.2) is 28.8 Å². The average molecular weight is 289 g/mol. The van der Waals surface area contributed by atoms with Gasteiger partial charge < -0.3 is 14.4 Å². The molecular weight excluding hydrogens is 270 g/mol. The molecule has 1 aliphatic rings. The first-order valence-electron chi connectivity index (χ1n) is 7.12. The van der Waals surface area contributed by atoms with Crippen LogP contribution in [0.25, 0.3) is 11.5 Å². The van der Waals surface area contributed by atoms with Gasteiger partial charge in [0, 0.05) is 12.1 Å². The van der Waals surface area contributed by atoms with E-state index in [2.05, 4.69) is 15.0 Å². The van der Waals surface area contributed by atoms with Crippen molar-refractivity contribution in [2.45, 2.75) is 25.5 Å². The highest BCUT2D eigenvalue weighted by atomic mass is 16.5. The second kappa shape index (κ2) is 6.24. The van der Waals surface area contributed by atoms with E-state index in [0.717, 1.165) is 30.7 Å². The van der Waals surface area contributed by atoms with E-state index in [0.29, 0.717) is 24.8 Å². The largest absolute Gasteiger partial charge is 0.497 e. The number of aromatic nitrogens is 2. The molecule has 2 heterocycles. The van der Waals surface area contributed by atoms with E-state index in [1.807, 2.05) is 24.3 Å². The highest BCUT2D eigenvalue weighted by molar-refractivity contribution is 5.54. The molecule has 0 radical (unpaired) electrons. The molecule has 0 saturated carbocycles. The number of aliphatic hydroxyl groups excluding tert-OH is 1. The van der Waals surface area contributed by atoms with Gasteiger partial charge in [-0.05, 0) is 43.7 Å². The summed E-state index contributed by atoms with van der Waals surface area (Å²) in [5.74, 6) is 1.95. The average Bonchev–Trinajstić information content (AvgIpc) is 2.96. The van der Waals surface area contributed by atoms with Crippen molar-refractivity contribution in [1.82, 2.24) is 15.0 Å². The minimum absolute atomic E-state index is 0.244. The normalized spacial score (nSPS) is 19.6. The molecule has 0 unspecified atom stereocenters. The fraction of sp³-hybridized carbons (Fsp3) is 0.467. The summed E-state index contributed by atoms with van der Waals surface area (Å²) in [6.07, 6.45) is 1.64. The van der Waals surface area contributed by atoms with Gasteiger partial charge in [0.25, 0.3) is 5.89 Å². The van der Waals surface area contributed by atoms with Gasteiger partial charge in [0.15, 0.2) is 5.82 Å². The van der Waals surface area contributed by atoms with Gasteiger partial charge >= 0.3 is 0 Å². The van der Waals surface area contributed by atoms with Crippen molar-refractivity contribution < 1.29 is 14.4 Å². The lowest BCUT2D eigenvalue weighted by Crippen LogP contribution is -2.37. The summed E-state index contributed by atoms with van der Waals surface area (Å²) in [6.45, 7) is 2.24. The second-order valence-electron chi connectivity index (χ2n) is 5.28. The summed E-state index contributed by atoms with van der Waals surface area (Å²) in [5, 5.41) is 13.7. The number of likely N-dealkylation sites (tertiary alicyclic amines) is 1. The van der Waals surface area contributed by atoms with E-state index in [9.17, 15) is 5.11 Å². The predicted octanol–water partition coefficient (Wildman–Crippen LogP) is 1.70. The summed E-state index contributed by atoms with van der Waals surface area (Å²) in [4.78, 5) is 6.56. The maximum absolute atomic E-state index is 9.67. The van der Waals surface area contributed by atoms with Crippen LogP contribution in [0, 0.1) is 0 Å². The second-order valence-corrected chi connectivity index (χ2v) is 5.28. The van der Waals surface area contributed by atoms with Crippen LogP contribution < -0.4 is 4.74 Å². The van der Waals surface area contributed by atoms with Crippen LogP contribution in [-0.2, 0) is 6.54 Å². The van der Waals surface area contributed by atoms with Gasteiger partial charge in [0.1, 0.15) is 5.75 Å². The number of β-amino-alcohol motifs (C(OH)–C–C–N with tert-alkyl or cyclic N) is 1. The Kier molecular flexibility index (Phi) is 4.17. The molecule has 3 rings (SSSR count). The minimum atomic E-state index is -0.244. The predicted molar refractivity (Wildman–Crippen MR) is 76.8 cm³/mol. The lowest BCUT2D eigenvalue weighted by atomic mass is 10.1. The van der Waals surface area contributed by atoms with Crippen molar-refractivity contribution in [1.29, 1.82) is 0 Å². The van der Waals surface area contributed by atoms with E-state index in [1.165, 1.54) is 0 Å². The van der Waals surface area contributed by atoms with Crippen molar-refractivity contribution in [2.75, 3.05) is 20.2 Å². The van der Waals surface area contributed by atoms with Crippen molar-refractivity contribution >= 4 is 0 Å². The first-order valence-corrected chi connectivity index (χ1v) is 7.12. The first kappa shape index (κ1) is 14.0. The molecule has 1 fully saturated rings. The first-order chi connectivity index (χ1) is 10.2. The molecule has 21 heavy (non-hydrogen) atoms. The van der Waals surface area contributed by atoms with E-state index in [4.69, 9.17) is 9.26 Å². The molecule has 1 atom stereocenters. The van der Waals surface area contributed by atoms with Crippen molar-refractivity contribution in [3.8, 4) is 17.2 Å². The maximum atomic E-state index is 9.67. The van der Waals surface area contributed by atoms with Crippen LogP contribution in [0.1, 0.15) is 18.7 Å². The molecule has 1 aliphatic heterocycles. The molecule has 0 spiro atoms. The lowest BCUT2D eigenvalue weighted by molar-refractivity contribution is 0.0651. The monoisotopic (exact) mass is 289 g/mol. The molecule has 0 aliphatic carbocycles.